The molecule has 0 amide bonds. The lowest BCUT2D eigenvalue weighted by atomic mass is 10.1. The number of benzene rings is 1. The van der Waals surface area contributed by atoms with Crippen LogP contribution in [0.2, 0.25) is 0 Å². The minimum absolute atomic E-state index is 0.154. The van der Waals surface area contributed by atoms with Gasteiger partial charge in [0.05, 0.1) is 24.0 Å². The van der Waals surface area contributed by atoms with E-state index in [9.17, 15) is 4.39 Å². The molecule has 29 heavy (non-hydrogen) atoms. The van der Waals surface area contributed by atoms with Crippen LogP contribution in [-0.2, 0) is 0 Å². The summed E-state index contributed by atoms with van der Waals surface area (Å²) in [5.74, 6) is 0.419. The molecule has 0 radical (unpaired) electrons. The third kappa shape index (κ3) is 3.99. The summed E-state index contributed by atoms with van der Waals surface area (Å²) < 4.78 is 19.2. The van der Waals surface area contributed by atoms with Crippen molar-refractivity contribution in [1.29, 1.82) is 5.26 Å². The van der Waals surface area contributed by atoms with Crippen LogP contribution in [0.15, 0.2) is 54.0 Å². The molecule has 0 unspecified atom stereocenters. The van der Waals surface area contributed by atoms with Crippen molar-refractivity contribution in [2.75, 3.05) is 37.7 Å². The van der Waals surface area contributed by atoms with Gasteiger partial charge in [-0.2, -0.15) is 10.4 Å². The molecule has 3 heterocycles. The van der Waals surface area contributed by atoms with Gasteiger partial charge in [0, 0.05) is 44.5 Å². The number of nitriles is 1. The van der Waals surface area contributed by atoms with Crippen LogP contribution >= 0.6 is 0 Å². The van der Waals surface area contributed by atoms with Crippen LogP contribution in [0.5, 0.6) is 5.75 Å². The van der Waals surface area contributed by atoms with Crippen molar-refractivity contribution in [2.45, 2.75) is 6.42 Å². The number of nitrogens with zero attached hydrogens (tertiary/aromatic N) is 5. The maximum Gasteiger partial charge on any atom is 0.182 e. The molecule has 0 spiro atoms. The van der Waals surface area contributed by atoms with E-state index in [1.165, 1.54) is 12.3 Å². The molecule has 1 fully saturated rings. The van der Waals surface area contributed by atoms with Crippen LogP contribution < -0.4 is 15.1 Å². The monoisotopic (exact) mass is 392 g/mol. The third-order valence-corrected chi connectivity index (χ3v) is 5.06. The highest BCUT2D eigenvalue weighted by Gasteiger charge is 2.23. The van der Waals surface area contributed by atoms with E-state index in [-0.39, 0.29) is 5.75 Å². The highest BCUT2D eigenvalue weighted by atomic mass is 19.1. The minimum Gasteiger partial charge on any atom is -0.488 e. The van der Waals surface area contributed by atoms with Crippen molar-refractivity contribution < 1.29 is 9.13 Å². The van der Waals surface area contributed by atoms with E-state index in [0.717, 1.165) is 31.9 Å². The Kier molecular flexibility index (Phi) is 5.29. The smallest absolute Gasteiger partial charge is 0.182 e. The van der Waals surface area contributed by atoms with Crippen molar-refractivity contribution in [3.63, 3.8) is 0 Å². The predicted molar refractivity (Wildman–Crippen MR) is 108 cm³/mol. The van der Waals surface area contributed by atoms with Gasteiger partial charge in [-0.25, -0.2) is 4.39 Å². The van der Waals surface area contributed by atoms with E-state index in [0.29, 0.717) is 35.8 Å². The van der Waals surface area contributed by atoms with Crippen molar-refractivity contribution in [1.82, 2.24) is 15.3 Å². The van der Waals surface area contributed by atoms with Crippen molar-refractivity contribution in [3.05, 3.63) is 66.0 Å². The van der Waals surface area contributed by atoms with Gasteiger partial charge in [0.25, 0.3) is 0 Å². The van der Waals surface area contributed by atoms with Gasteiger partial charge in [0.15, 0.2) is 11.6 Å². The Labute approximate surface area is 168 Å². The van der Waals surface area contributed by atoms with Gasteiger partial charge >= 0.3 is 0 Å². The number of fused-ring (bicyclic) bond motifs is 1. The first-order chi connectivity index (χ1) is 14.2. The van der Waals surface area contributed by atoms with Crippen LogP contribution in [0, 0.1) is 17.1 Å². The number of piperazine rings is 1. The van der Waals surface area contributed by atoms with Crippen molar-refractivity contribution >= 4 is 11.4 Å². The molecule has 1 N–H and O–H groups in total. The second-order valence-corrected chi connectivity index (χ2v) is 6.82. The quantitative estimate of drug-likeness (QED) is 0.806. The Bertz CT molecular complexity index is 974. The SMILES string of the molecule is C=C(N/N=C1/CCOc2c(F)ccnc21)N1CCN(c2ccc(C#N)cc2)CC1. The standard InChI is InChI=1S/C21H21FN6O/c1-15(25-26-19-7-13-29-21-18(22)6-8-24-20(19)21)27-9-11-28(12-10-27)17-4-2-16(14-23)3-5-17/h2-6,8,25H,1,7,9-13H2/b26-19-. The summed E-state index contributed by atoms with van der Waals surface area (Å²) in [6.45, 7) is 7.72. The van der Waals surface area contributed by atoms with Crippen molar-refractivity contribution in [3.8, 4) is 11.8 Å². The van der Waals surface area contributed by atoms with Crippen LogP contribution in [0.1, 0.15) is 17.7 Å². The lowest BCUT2D eigenvalue weighted by Crippen LogP contribution is -2.47. The summed E-state index contributed by atoms with van der Waals surface area (Å²) >= 11 is 0. The molecule has 0 bridgehead atoms. The number of rotatable bonds is 4. The molecule has 4 rings (SSSR count). The zero-order valence-electron chi connectivity index (χ0n) is 15.9. The average molecular weight is 392 g/mol. The van der Waals surface area contributed by atoms with Gasteiger partial charge in [-0.1, -0.05) is 6.58 Å². The van der Waals surface area contributed by atoms with E-state index < -0.39 is 5.82 Å². The predicted octanol–water partition coefficient (Wildman–Crippen LogP) is 2.46. The van der Waals surface area contributed by atoms with Gasteiger partial charge in [-0.05, 0) is 30.3 Å². The van der Waals surface area contributed by atoms with E-state index >= 15 is 0 Å². The third-order valence-electron chi connectivity index (χ3n) is 5.06. The normalized spacial score (nSPS) is 17.3. The first-order valence-electron chi connectivity index (χ1n) is 9.45. The van der Waals surface area contributed by atoms with Gasteiger partial charge < -0.3 is 14.5 Å². The lowest BCUT2D eigenvalue weighted by Gasteiger charge is -2.37. The molecule has 8 heteroatoms. The topological polar surface area (TPSA) is 76.8 Å². The number of halogens is 1. The van der Waals surface area contributed by atoms with Crippen molar-refractivity contribution in [2.24, 2.45) is 5.10 Å². The summed E-state index contributed by atoms with van der Waals surface area (Å²) in [5, 5.41) is 13.3. The fraction of sp³-hybridized carbons (Fsp3) is 0.286. The molecule has 2 aliphatic heterocycles. The molecule has 1 saturated heterocycles. The number of nitrogens with one attached hydrogen (secondary N) is 1. The molecule has 0 atom stereocenters. The maximum absolute atomic E-state index is 13.9. The second kappa shape index (κ2) is 8.19. The van der Waals surface area contributed by atoms with Crippen LogP contribution in [0.4, 0.5) is 10.1 Å². The van der Waals surface area contributed by atoms with Gasteiger partial charge in [0.1, 0.15) is 11.5 Å². The average Bonchev–Trinajstić information content (AvgIpc) is 2.78. The Morgan fingerprint density at radius 1 is 1.21 bits per heavy atom. The van der Waals surface area contributed by atoms with E-state index in [4.69, 9.17) is 10.00 Å². The van der Waals surface area contributed by atoms with E-state index in [1.54, 1.807) is 0 Å². The summed E-state index contributed by atoms with van der Waals surface area (Å²) in [6.07, 6.45) is 1.96. The highest BCUT2D eigenvalue weighted by Crippen LogP contribution is 2.26. The first kappa shape index (κ1) is 18.7. The Morgan fingerprint density at radius 2 is 1.97 bits per heavy atom. The molecule has 2 aliphatic rings. The van der Waals surface area contributed by atoms with Gasteiger partial charge in [0.2, 0.25) is 0 Å². The minimum atomic E-state index is -0.430. The van der Waals surface area contributed by atoms with Crippen LogP contribution in [0.3, 0.4) is 0 Å². The number of anilines is 1. The van der Waals surface area contributed by atoms with Gasteiger partial charge in [-0.15, -0.1) is 0 Å². The summed E-state index contributed by atoms with van der Waals surface area (Å²) in [6, 6.07) is 11.0. The Balaban J connectivity index is 1.36. The molecular weight excluding hydrogens is 371 g/mol. The number of aromatic nitrogens is 1. The summed E-state index contributed by atoms with van der Waals surface area (Å²) in [7, 11) is 0. The Hall–Kier alpha value is -3.60. The molecule has 0 aliphatic carbocycles. The highest BCUT2D eigenvalue weighted by molar-refractivity contribution is 6.01. The van der Waals surface area contributed by atoms with E-state index in [2.05, 4.69) is 38.0 Å². The van der Waals surface area contributed by atoms with E-state index in [1.807, 2.05) is 24.3 Å². The number of hydrogen-bond donors (Lipinski definition) is 1. The molecule has 148 valence electrons. The summed E-state index contributed by atoms with van der Waals surface area (Å²) in [4.78, 5) is 8.61. The molecule has 2 aromatic rings. The molecule has 1 aromatic carbocycles. The zero-order chi connectivity index (χ0) is 20.2. The fourth-order valence-corrected chi connectivity index (χ4v) is 3.43. The fourth-order valence-electron chi connectivity index (χ4n) is 3.43. The lowest BCUT2D eigenvalue weighted by molar-refractivity contribution is 0.296. The molecule has 7 nitrogen and oxygen atoms in total. The van der Waals surface area contributed by atoms with Crippen LogP contribution in [0.25, 0.3) is 0 Å². The largest absolute Gasteiger partial charge is 0.488 e. The zero-order valence-corrected chi connectivity index (χ0v) is 15.9. The molecular formula is C21H21FN6O. The van der Waals surface area contributed by atoms with Crippen LogP contribution in [-0.4, -0.2) is 48.4 Å². The molecule has 1 aromatic heterocycles. The van der Waals surface area contributed by atoms with Gasteiger partial charge in [-0.3, -0.25) is 10.4 Å². The number of hydrogen-bond acceptors (Lipinski definition) is 7. The number of pyridine rings is 1. The summed E-state index contributed by atoms with van der Waals surface area (Å²) in [5.41, 5.74) is 5.85. The number of hydrazone groups is 1. The Morgan fingerprint density at radius 3 is 2.69 bits per heavy atom. The molecule has 0 saturated carbocycles. The second-order valence-electron chi connectivity index (χ2n) is 6.82. The maximum atomic E-state index is 13.9. The first-order valence-corrected chi connectivity index (χ1v) is 9.45. The number of ether oxygens (including phenoxy) is 1.